The molecule has 10 rings (SSSR count). The molecular formula is C50H32N4. The molecule has 0 spiro atoms. The summed E-state index contributed by atoms with van der Waals surface area (Å²) in [5.41, 5.74) is 12.3. The molecule has 0 aliphatic heterocycles. The molecule has 0 saturated heterocycles. The Bertz CT molecular complexity index is 2940. The van der Waals surface area contributed by atoms with Crippen molar-refractivity contribution in [3.05, 3.63) is 195 Å². The molecule has 0 radical (unpaired) electrons. The predicted molar refractivity (Wildman–Crippen MR) is 223 cm³/mol. The Labute approximate surface area is 313 Å². The van der Waals surface area contributed by atoms with E-state index in [1.54, 1.807) is 6.20 Å². The zero-order valence-electron chi connectivity index (χ0n) is 29.3. The first-order chi connectivity index (χ1) is 26.8. The minimum atomic E-state index is 0.646. The quantitative estimate of drug-likeness (QED) is 0.163. The molecule has 0 saturated carbocycles. The van der Waals surface area contributed by atoms with Crippen molar-refractivity contribution in [3.63, 3.8) is 0 Å². The summed E-state index contributed by atoms with van der Waals surface area (Å²) in [5, 5.41) is 5.91. The topological polar surface area (TPSA) is 51.6 Å². The van der Waals surface area contributed by atoms with Gasteiger partial charge in [-0.3, -0.25) is 9.97 Å². The number of rotatable bonds is 6. The second-order valence-corrected chi connectivity index (χ2v) is 13.5. The summed E-state index contributed by atoms with van der Waals surface area (Å²) in [7, 11) is 0. The largest absolute Gasteiger partial charge is 0.264 e. The molecule has 0 atom stereocenters. The van der Waals surface area contributed by atoms with Crippen LogP contribution < -0.4 is 0 Å². The highest BCUT2D eigenvalue weighted by molar-refractivity contribution is 6.21. The van der Waals surface area contributed by atoms with Crippen LogP contribution in [0, 0.1) is 0 Å². The van der Waals surface area contributed by atoms with Crippen molar-refractivity contribution in [3.8, 4) is 67.3 Å². The SMILES string of the molecule is c1ccc(-c2c3ccccc3c(-c3cccc(-c4nc(-c5cnc6ccccc6c5)cc(-c5ccccc5-c5cccnc5)n4)c3)c3ccccc23)cc1. The van der Waals surface area contributed by atoms with Gasteiger partial charge >= 0.3 is 0 Å². The summed E-state index contributed by atoms with van der Waals surface area (Å²) in [6.07, 6.45) is 5.61. The molecule has 0 bridgehead atoms. The van der Waals surface area contributed by atoms with E-state index in [9.17, 15) is 0 Å². The van der Waals surface area contributed by atoms with E-state index in [4.69, 9.17) is 15.0 Å². The summed E-state index contributed by atoms with van der Waals surface area (Å²) >= 11 is 0. The molecule has 54 heavy (non-hydrogen) atoms. The Morgan fingerprint density at radius 1 is 0.352 bits per heavy atom. The fourth-order valence-corrected chi connectivity index (χ4v) is 7.72. The average Bonchev–Trinajstić information content (AvgIpc) is 3.26. The van der Waals surface area contributed by atoms with Gasteiger partial charge in [-0.1, -0.05) is 146 Å². The molecule has 3 heterocycles. The van der Waals surface area contributed by atoms with Gasteiger partial charge in [-0.2, -0.15) is 0 Å². The van der Waals surface area contributed by atoms with E-state index < -0.39 is 0 Å². The van der Waals surface area contributed by atoms with Gasteiger partial charge in [-0.05, 0) is 79.7 Å². The highest BCUT2D eigenvalue weighted by Crippen LogP contribution is 2.44. The molecule has 4 nitrogen and oxygen atoms in total. The highest BCUT2D eigenvalue weighted by Gasteiger charge is 2.19. The number of nitrogens with zero attached hydrogens (tertiary/aromatic N) is 4. The Hall–Kier alpha value is -7.30. The van der Waals surface area contributed by atoms with E-state index >= 15 is 0 Å². The van der Waals surface area contributed by atoms with Crippen molar-refractivity contribution in [2.75, 3.05) is 0 Å². The van der Waals surface area contributed by atoms with Crippen LogP contribution in [0.4, 0.5) is 0 Å². The van der Waals surface area contributed by atoms with Crippen LogP contribution >= 0.6 is 0 Å². The van der Waals surface area contributed by atoms with E-state index in [2.05, 4.69) is 157 Å². The lowest BCUT2D eigenvalue weighted by molar-refractivity contribution is 1.18. The van der Waals surface area contributed by atoms with Crippen molar-refractivity contribution in [2.45, 2.75) is 0 Å². The van der Waals surface area contributed by atoms with Crippen LogP contribution in [-0.4, -0.2) is 19.9 Å². The molecule has 0 aliphatic rings. The van der Waals surface area contributed by atoms with Gasteiger partial charge in [-0.15, -0.1) is 0 Å². The van der Waals surface area contributed by atoms with Crippen molar-refractivity contribution in [2.24, 2.45) is 0 Å². The number of aromatic nitrogens is 4. The Morgan fingerprint density at radius 2 is 0.944 bits per heavy atom. The van der Waals surface area contributed by atoms with E-state index in [0.29, 0.717) is 5.82 Å². The molecule has 252 valence electrons. The predicted octanol–water partition coefficient (Wildman–Crippen LogP) is 12.7. The maximum Gasteiger partial charge on any atom is 0.160 e. The lowest BCUT2D eigenvalue weighted by Gasteiger charge is -2.18. The standard InChI is InChI=1S/C50H32N4/c1-2-14-33(15-3-1)48-41-22-7-9-24-43(41)49(44-25-10-8-23-42(44)48)35-17-12-18-36(29-35)50-53-46(38-28-34-16-4-11-26-45(34)52-32-38)30-47(54-50)40-21-6-5-20-39(40)37-19-13-27-51-31-37/h1-32H. The third-order valence-corrected chi connectivity index (χ3v) is 10.2. The maximum atomic E-state index is 5.31. The van der Waals surface area contributed by atoms with Gasteiger partial charge in [0.1, 0.15) is 0 Å². The first-order valence-corrected chi connectivity index (χ1v) is 18.1. The number of hydrogen-bond acceptors (Lipinski definition) is 4. The summed E-state index contributed by atoms with van der Waals surface area (Å²) < 4.78 is 0. The van der Waals surface area contributed by atoms with Gasteiger partial charge in [0, 0.05) is 46.2 Å². The first-order valence-electron chi connectivity index (χ1n) is 18.1. The third kappa shape index (κ3) is 5.58. The van der Waals surface area contributed by atoms with Gasteiger partial charge in [0.25, 0.3) is 0 Å². The summed E-state index contributed by atoms with van der Waals surface area (Å²) in [5.74, 6) is 0.646. The van der Waals surface area contributed by atoms with Crippen LogP contribution in [0.2, 0.25) is 0 Å². The normalized spacial score (nSPS) is 11.3. The Morgan fingerprint density at radius 3 is 1.69 bits per heavy atom. The number of benzene rings is 7. The van der Waals surface area contributed by atoms with E-state index in [-0.39, 0.29) is 0 Å². The first kappa shape index (κ1) is 31.4. The molecule has 0 unspecified atom stereocenters. The molecule has 0 amide bonds. The molecule has 10 aromatic rings. The molecule has 4 heteroatoms. The fraction of sp³-hybridized carbons (Fsp3) is 0. The molecule has 7 aromatic carbocycles. The van der Waals surface area contributed by atoms with E-state index in [0.717, 1.165) is 55.7 Å². The minimum Gasteiger partial charge on any atom is -0.264 e. The zero-order chi connectivity index (χ0) is 35.8. The highest BCUT2D eigenvalue weighted by atomic mass is 14.9. The number of para-hydroxylation sites is 1. The third-order valence-electron chi connectivity index (χ3n) is 10.2. The van der Waals surface area contributed by atoms with Gasteiger partial charge in [0.2, 0.25) is 0 Å². The van der Waals surface area contributed by atoms with Crippen LogP contribution in [0.15, 0.2) is 195 Å². The summed E-state index contributed by atoms with van der Waals surface area (Å²) in [6.45, 7) is 0. The maximum absolute atomic E-state index is 5.31. The Balaban J connectivity index is 1.20. The van der Waals surface area contributed by atoms with Crippen LogP contribution in [0.5, 0.6) is 0 Å². The van der Waals surface area contributed by atoms with Crippen LogP contribution in [0.1, 0.15) is 0 Å². The average molecular weight is 689 g/mol. The number of fused-ring (bicyclic) bond motifs is 3. The second-order valence-electron chi connectivity index (χ2n) is 13.5. The number of pyridine rings is 2. The lowest BCUT2D eigenvalue weighted by Crippen LogP contribution is -1.98. The minimum absolute atomic E-state index is 0.646. The molecule has 3 aromatic heterocycles. The van der Waals surface area contributed by atoms with Crippen LogP contribution in [-0.2, 0) is 0 Å². The van der Waals surface area contributed by atoms with E-state index in [1.165, 1.54) is 38.2 Å². The Kier molecular flexibility index (Phi) is 7.77. The van der Waals surface area contributed by atoms with Crippen LogP contribution in [0.3, 0.4) is 0 Å². The van der Waals surface area contributed by atoms with Gasteiger partial charge in [0.05, 0.1) is 16.9 Å². The van der Waals surface area contributed by atoms with Gasteiger partial charge in [0.15, 0.2) is 5.82 Å². The molecule has 0 N–H and O–H groups in total. The van der Waals surface area contributed by atoms with Crippen molar-refractivity contribution in [1.82, 2.24) is 19.9 Å². The van der Waals surface area contributed by atoms with Crippen molar-refractivity contribution >= 4 is 32.4 Å². The zero-order valence-corrected chi connectivity index (χ0v) is 29.3. The molecule has 0 aliphatic carbocycles. The van der Waals surface area contributed by atoms with Gasteiger partial charge < -0.3 is 0 Å². The van der Waals surface area contributed by atoms with Crippen molar-refractivity contribution in [1.29, 1.82) is 0 Å². The number of hydrogen-bond donors (Lipinski definition) is 0. The molecule has 0 fully saturated rings. The fourth-order valence-electron chi connectivity index (χ4n) is 7.72. The lowest BCUT2D eigenvalue weighted by atomic mass is 9.85. The van der Waals surface area contributed by atoms with Gasteiger partial charge in [-0.25, -0.2) is 9.97 Å². The van der Waals surface area contributed by atoms with Crippen molar-refractivity contribution < 1.29 is 0 Å². The summed E-state index contributed by atoms with van der Waals surface area (Å²) in [4.78, 5) is 19.8. The smallest absolute Gasteiger partial charge is 0.160 e. The molecular weight excluding hydrogens is 657 g/mol. The van der Waals surface area contributed by atoms with Crippen LogP contribution in [0.25, 0.3) is 99.7 Å². The monoisotopic (exact) mass is 688 g/mol. The van der Waals surface area contributed by atoms with E-state index in [1.807, 2.05) is 36.7 Å². The second kappa shape index (κ2) is 13.4. The summed E-state index contributed by atoms with van der Waals surface area (Å²) in [6, 6.07) is 61.7.